The van der Waals surface area contributed by atoms with Gasteiger partial charge in [-0.25, -0.2) is 0 Å². The summed E-state index contributed by atoms with van der Waals surface area (Å²) in [6.07, 6.45) is 6.41. The van der Waals surface area contributed by atoms with Crippen LogP contribution < -0.4 is 5.32 Å². The largest absolute Gasteiger partial charge is 0.351 e. The minimum atomic E-state index is -0.288. The van der Waals surface area contributed by atoms with Crippen molar-refractivity contribution in [2.45, 2.75) is 57.5 Å². The van der Waals surface area contributed by atoms with E-state index in [4.69, 9.17) is 0 Å². The van der Waals surface area contributed by atoms with Crippen molar-refractivity contribution in [3.05, 3.63) is 22.4 Å². The van der Waals surface area contributed by atoms with Gasteiger partial charge >= 0.3 is 0 Å². The highest BCUT2D eigenvalue weighted by molar-refractivity contribution is 7.12. The van der Waals surface area contributed by atoms with Crippen LogP contribution in [0.1, 0.15) is 55.1 Å². The molecule has 2 amide bonds. The fourth-order valence-electron chi connectivity index (χ4n) is 3.63. The third kappa shape index (κ3) is 3.19. The Bertz CT molecular complexity index is 529. The van der Waals surface area contributed by atoms with Crippen LogP contribution in [0.2, 0.25) is 0 Å². The number of nitrogens with one attached hydrogen (secondary N) is 1. The highest BCUT2D eigenvalue weighted by Crippen LogP contribution is 2.26. The second-order valence-corrected chi connectivity index (χ2v) is 7.46. The van der Waals surface area contributed by atoms with Crippen LogP contribution in [0.25, 0.3) is 0 Å². The molecule has 3 rings (SSSR count). The number of thiophene rings is 1. The summed E-state index contributed by atoms with van der Waals surface area (Å²) in [5.41, 5.74) is 0. The van der Waals surface area contributed by atoms with Crippen molar-refractivity contribution in [3.63, 3.8) is 0 Å². The molecule has 1 N–H and O–H groups in total. The first-order valence-electron chi connectivity index (χ1n) is 8.31. The number of carbonyl (C=O) groups is 2. The molecular weight excluding hydrogens is 296 g/mol. The number of nitrogens with zero attached hydrogens (tertiary/aromatic N) is 1. The summed E-state index contributed by atoms with van der Waals surface area (Å²) in [6.45, 7) is 2.91. The van der Waals surface area contributed by atoms with E-state index in [-0.39, 0.29) is 23.9 Å². The van der Waals surface area contributed by atoms with E-state index in [1.54, 1.807) is 4.90 Å². The van der Waals surface area contributed by atoms with E-state index in [0.29, 0.717) is 12.5 Å². The van der Waals surface area contributed by atoms with E-state index < -0.39 is 0 Å². The quantitative estimate of drug-likeness (QED) is 0.930. The molecular formula is C17H24N2O2S. The minimum Gasteiger partial charge on any atom is -0.351 e. The maximum atomic E-state index is 12.6. The summed E-state index contributed by atoms with van der Waals surface area (Å²) >= 11 is 1.44. The lowest BCUT2D eigenvalue weighted by atomic mass is 9.86. The van der Waals surface area contributed by atoms with Gasteiger partial charge in [0.15, 0.2) is 0 Å². The zero-order valence-corrected chi connectivity index (χ0v) is 13.9. The van der Waals surface area contributed by atoms with E-state index in [0.717, 1.165) is 24.1 Å². The van der Waals surface area contributed by atoms with Crippen LogP contribution in [0.15, 0.2) is 17.5 Å². The summed E-state index contributed by atoms with van der Waals surface area (Å²) in [6, 6.07) is 3.71. The molecule has 0 bridgehead atoms. The van der Waals surface area contributed by atoms with Crippen LogP contribution in [0.3, 0.4) is 0 Å². The Morgan fingerprint density at radius 2 is 2.05 bits per heavy atom. The first kappa shape index (κ1) is 15.5. The van der Waals surface area contributed by atoms with Crippen molar-refractivity contribution in [2.75, 3.05) is 6.54 Å². The molecule has 4 nitrogen and oxygen atoms in total. The Labute approximate surface area is 135 Å². The van der Waals surface area contributed by atoms with Crippen molar-refractivity contribution in [3.8, 4) is 0 Å². The van der Waals surface area contributed by atoms with E-state index in [1.165, 1.54) is 30.6 Å². The van der Waals surface area contributed by atoms with Gasteiger partial charge in [-0.15, -0.1) is 11.3 Å². The summed E-state index contributed by atoms with van der Waals surface area (Å²) in [5, 5.41) is 5.12. The molecule has 0 radical (unpaired) electrons. The molecule has 120 valence electrons. The van der Waals surface area contributed by atoms with Gasteiger partial charge in [-0.05, 0) is 43.0 Å². The van der Waals surface area contributed by atoms with Crippen LogP contribution in [-0.4, -0.2) is 35.3 Å². The normalized spacial score (nSPS) is 28.6. The number of hydrogen-bond acceptors (Lipinski definition) is 3. The molecule has 22 heavy (non-hydrogen) atoms. The molecule has 1 aromatic heterocycles. The van der Waals surface area contributed by atoms with Crippen molar-refractivity contribution in [2.24, 2.45) is 5.92 Å². The number of likely N-dealkylation sites (tertiary alicyclic amines) is 1. The molecule has 3 atom stereocenters. The monoisotopic (exact) mass is 320 g/mol. The van der Waals surface area contributed by atoms with Crippen LogP contribution in [-0.2, 0) is 4.79 Å². The van der Waals surface area contributed by atoms with Crippen LogP contribution in [0, 0.1) is 5.92 Å². The summed E-state index contributed by atoms with van der Waals surface area (Å²) in [4.78, 5) is 27.7. The average Bonchev–Trinajstić information content (AvgIpc) is 3.20. The zero-order valence-electron chi connectivity index (χ0n) is 13.1. The van der Waals surface area contributed by atoms with Crippen LogP contribution in [0.5, 0.6) is 0 Å². The molecule has 2 heterocycles. The number of amides is 2. The molecule has 1 aliphatic carbocycles. The van der Waals surface area contributed by atoms with Gasteiger partial charge in [-0.2, -0.15) is 0 Å². The lowest BCUT2D eigenvalue weighted by molar-refractivity contribution is -0.126. The third-order valence-electron chi connectivity index (χ3n) is 4.99. The van der Waals surface area contributed by atoms with Crippen LogP contribution in [0.4, 0.5) is 0 Å². The maximum absolute atomic E-state index is 12.6. The smallest absolute Gasteiger partial charge is 0.264 e. The van der Waals surface area contributed by atoms with Crippen molar-refractivity contribution in [1.82, 2.24) is 10.2 Å². The van der Waals surface area contributed by atoms with Gasteiger partial charge in [-0.3, -0.25) is 9.59 Å². The Hall–Kier alpha value is -1.36. The summed E-state index contributed by atoms with van der Waals surface area (Å²) in [5.74, 6) is 0.589. The molecule has 1 aliphatic heterocycles. The van der Waals surface area contributed by atoms with E-state index >= 15 is 0 Å². The fourth-order valence-corrected chi connectivity index (χ4v) is 4.31. The average molecular weight is 320 g/mol. The van der Waals surface area contributed by atoms with Gasteiger partial charge in [0.05, 0.1) is 4.88 Å². The van der Waals surface area contributed by atoms with Gasteiger partial charge in [-0.1, -0.05) is 25.8 Å². The molecule has 1 aromatic rings. The van der Waals surface area contributed by atoms with Crippen molar-refractivity contribution >= 4 is 23.2 Å². The highest BCUT2D eigenvalue weighted by atomic mass is 32.1. The summed E-state index contributed by atoms with van der Waals surface area (Å²) < 4.78 is 0. The Balaban J connectivity index is 1.64. The molecule has 1 saturated heterocycles. The second-order valence-electron chi connectivity index (χ2n) is 6.51. The molecule has 0 spiro atoms. The zero-order chi connectivity index (χ0) is 15.5. The lowest BCUT2D eigenvalue weighted by Gasteiger charge is -2.32. The van der Waals surface area contributed by atoms with Crippen molar-refractivity contribution < 1.29 is 9.59 Å². The van der Waals surface area contributed by atoms with E-state index in [9.17, 15) is 9.59 Å². The standard InChI is InChI=1S/C17H24N2O2S/c1-12-6-2-3-7-13(12)18-16(20)14-8-4-10-19(14)17(21)15-9-5-11-22-15/h5,9,11-14H,2-4,6-8,10H2,1H3,(H,18,20)/t12-,13+,14+/m1/s1. The Kier molecular flexibility index (Phi) is 4.81. The first-order valence-corrected chi connectivity index (χ1v) is 9.19. The highest BCUT2D eigenvalue weighted by Gasteiger charge is 2.36. The van der Waals surface area contributed by atoms with Gasteiger partial charge in [0, 0.05) is 12.6 Å². The fraction of sp³-hybridized carbons (Fsp3) is 0.647. The molecule has 5 heteroatoms. The maximum Gasteiger partial charge on any atom is 0.264 e. The van der Waals surface area contributed by atoms with Crippen LogP contribution >= 0.6 is 11.3 Å². The van der Waals surface area contributed by atoms with E-state index in [2.05, 4.69) is 12.2 Å². The SMILES string of the molecule is C[C@@H]1CCCC[C@@H]1NC(=O)[C@@H]1CCCN1C(=O)c1cccs1. The third-order valence-corrected chi connectivity index (χ3v) is 5.85. The first-order chi connectivity index (χ1) is 10.7. The molecule has 2 aliphatic rings. The predicted molar refractivity (Wildman–Crippen MR) is 87.9 cm³/mol. The second kappa shape index (κ2) is 6.82. The topological polar surface area (TPSA) is 49.4 Å². The molecule has 0 aromatic carbocycles. The summed E-state index contributed by atoms with van der Waals surface area (Å²) in [7, 11) is 0. The molecule has 0 unspecified atom stereocenters. The van der Waals surface area contributed by atoms with Crippen molar-refractivity contribution in [1.29, 1.82) is 0 Å². The minimum absolute atomic E-state index is 0.00402. The van der Waals surface area contributed by atoms with Gasteiger partial charge in [0.25, 0.3) is 5.91 Å². The van der Waals surface area contributed by atoms with Gasteiger partial charge in [0.1, 0.15) is 6.04 Å². The number of rotatable bonds is 3. The predicted octanol–water partition coefficient (Wildman–Crippen LogP) is 3.05. The Morgan fingerprint density at radius 3 is 2.77 bits per heavy atom. The number of hydrogen-bond donors (Lipinski definition) is 1. The number of carbonyl (C=O) groups excluding carboxylic acids is 2. The lowest BCUT2D eigenvalue weighted by Crippen LogP contribution is -2.50. The molecule has 2 fully saturated rings. The van der Waals surface area contributed by atoms with E-state index in [1.807, 2.05) is 17.5 Å². The Morgan fingerprint density at radius 1 is 1.23 bits per heavy atom. The van der Waals surface area contributed by atoms with Gasteiger partial charge in [0.2, 0.25) is 5.91 Å². The molecule has 1 saturated carbocycles. The van der Waals surface area contributed by atoms with Gasteiger partial charge < -0.3 is 10.2 Å².